The van der Waals surface area contributed by atoms with Gasteiger partial charge in [0, 0.05) is 52.6 Å². The van der Waals surface area contributed by atoms with Gasteiger partial charge in [0.25, 0.3) is 5.91 Å². The van der Waals surface area contributed by atoms with Gasteiger partial charge in [0.05, 0.1) is 11.4 Å². The zero-order valence-electron chi connectivity index (χ0n) is 19.2. The highest BCUT2D eigenvalue weighted by molar-refractivity contribution is 9.10. The molecule has 2 aliphatic heterocycles. The van der Waals surface area contributed by atoms with E-state index in [-0.39, 0.29) is 18.4 Å². The Kier molecular flexibility index (Phi) is 7.36. The second kappa shape index (κ2) is 10.6. The normalized spacial score (nSPS) is 18.0. The maximum absolute atomic E-state index is 13.2. The molecule has 1 aromatic carbocycles. The first kappa shape index (κ1) is 24.2. The molecule has 2 fully saturated rings. The van der Waals surface area contributed by atoms with Gasteiger partial charge in [-0.25, -0.2) is 0 Å². The van der Waals surface area contributed by atoms with Gasteiger partial charge in [0.15, 0.2) is 0 Å². The number of thioether (sulfide) groups is 1. The van der Waals surface area contributed by atoms with Crippen molar-refractivity contribution in [2.24, 2.45) is 0 Å². The summed E-state index contributed by atoms with van der Waals surface area (Å²) in [5, 5.41) is 0.987. The number of amides is 2. The molecule has 3 aromatic rings. The number of carbonyl (C=O) groups excluding carboxylic acids is 2. The number of likely N-dealkylation sites (tertiary alicyclic amines) is 1. The molecule has 0 atom stereocenters. The summed E-state index contributed by atoms with van der Waals surface area (Å²) in [6.07, 6.45) is 11.8. The van der Waals surface area contributed by atoms with Crippen LogP contribution in [0.1, 0.15) is 36.8 Å². The van der Waals surface area contributed by atoms with Gasteiger partial charge in [0.1, 0.15) is 10.9 Å². The van der Waals surface area contributed by atoms with Crippen molar-refractivity contribution in [3.8, 4) is 0 Å². The van der Waals surface area contributed by atoms with Gasteiger partial charge in [-0.3, -0.25) is 19.5 Å². The van der Waals surface area contributed by atoms with E-state index in [1.165, 1.54) is 24.6 Å². The van der Waals surface area contributed by atoms with E-state index in [0.717, 1.165) is 52.4 Å². The van der Waals surface area contributed by atoms with Crippen LogP contribution in [-0.2, 0) is 22.7 Å². The van der Waals surface area contributed by atoms with Crippen molar-refractivity contribution < 1.29 is 9.59 Å². The van der Waals surface area contributed by atoms with Crippen molar-refractivity contribution in [2.45, 2.75) is 38.8 Å². The molecule has 0 bridgehead atoms. The summed E-state index contributed by atoms with van der Waals surface area (Å²) in [4.78, 5) is 34.6. The molecule has 0 unspecified atom stereocenters. The van der Waals surface area contributed by atoms with E-state index in [9.17, 15) is 9.59 Å². The lowest BCUT2D eigenvalue weighted by Gasteiger charge is -2.20. The van der Waals surface area contributed by atoms with Gasteiger partial charge in [-0.05, 0) is 48.7 Å². The highest BCUT2D eigenvalue weighted by Gasteiger charge is 2.32. The minimum atomic E-state index is -0.111. The highest BCUT2D eigenvalue weighted by atomic mass is 79.9. The molecule has 4 heterocycles. The minimum absolute atomic E-state index is 0.111. The van der Waals surface area contributed by atoms with Gasteiger partial charge < -0.3 is 9.47 Å². The van der Waals surface area contributed by atoms with Crippen molar-refractivity contribution >= 4 is 73.0 Å². The van der Waals surface area contributed by atoms with E-state index in [1.807, 2.05) is 52.1 Å². The number of rotatable bonds is 5. The fraction of sp³-hybridized carbons (Fsp3) is 0.308. The van der Waals surface area contributed by atoms with Crippen molar-refractivity contribution in [1.29, 1.82) is 0 Å². The molecule has 0 aliphatic carbocycles. The van der Waals surface area contributed by atoms with Crippen molar-refractivity contribution in [3.05, 3.63) is 69.4 Å². The Hall–Kier alpha value is -2.49. The van der Waals surface area contributed by atoms with Crippen LogP contribution in [0.25, 0.3) is 17.0 Å². The molecule has 0 spiro atoms. The Morgan fingerprint density at radius 1 is 1.17 bits per heavy atom. The van der Waals surface area contributed by atoms with Crippen LogP contribution in [0.15, 0.2) is 58.3 Å². The Morgan fingerprint density at radius 3 is 2.71 bits per heavy atom. The highest BCUT2D eigenvalue weighted by Crippen LogP contribution is 2.36. The monoisotopic (exact) mass is 568 g/mol. The number of aromatic nitrogens is 2. The summed E-state index contributed by atoms with van der Waals surface area (Å²) in [6, 6.07) is 9.81. The van der Waals surface area contributed by atoms with E-state index < -0.39 is 0 Å². The van der Waals surface area contributed by atoms with Crippen LogP contribution in [0.4, 0.5) is 0 Å². The number of nitrogens with zero attached hydrogens (tertiary/aromatic N) is 4. The minimum Gasteiger partial charge on any atom is -0.341 e. The quantitative estimate of drug-likeness (QED) is 0.296. The van der Waals surface area contributed by atoms with E-state index in [4.69, 9.17) is 12.2 Å². The molecule has 180 valence electrons. The first-order valence-electron chi connectivity index (χ1n) is 11.7. The largest absolute Gasteiger partial charge is 0.341 e. The number of pyridine rings is 1. The summed E-state index contributed by atoms with van der Waals surface area (Å²) < 4.78 is 3.48. The summed E-state index contributed by atoms with van der Waals surface area (Å²) in [7, 11) is 0. The third-order valence-corrected chi connectivity index (χ3v) is 8.23. The molecular weight excluding hydrogens is 544 g/mol. The van der Waals surface area contributed by atoms with Crippen LogP contribution in [0.2, 0.25) is 0 Å². The number of fused-ring (bicyclic) bond motifs is 1. The molecule has 6 nitrogen and oxygen atoms in total. The molecule has 2 amide bonds. The van der Waals surface area contributed by atoms with Crippen LogP contribution in [0.3, 0.4) is 0 Å². The predicted molar refractivity (Wildman–Crippen MR) is 148 cm³/mol. The van der Waals surface area contributed by atoms with Crippen molar-refractivity contribution in [1.82, 2.24) is 19.4 Å². The number of halogens is 1. The molecule has 35 heavy (non-hydrogen) atoms. The smallest absolute Gasteiger partial charge is 0.266 e. The third-order valence-electron chi connectivity index (χ3n) is 6.36. The van der Waals surface area contributed by atoms with Gasteiger partial charge in [-0.1, -0.05) is 58.8 Å². The molecule has 5 rings (SSSR count). The average molecular weight is 570 g/mol. The third kappa shape index (κ3) is 5.37. The number of hydrogen-bond acceptors (Lipinski definition) is 5. The summed E-state index contributed by atoms with van der Waals surface area (Å²) in [6.45, 7) is 2.34. The van der Waals surface area contributed by atoms with Crippen molar-refractivity contribution in [2.75, 3.05) is 13.1 Å². The molecule has 9 heteroatoms. The lowest BCUT2D eigenvalue weighted by Crippen LogP contribution is -2.34. The average Bonchev–Trinajstić information content (AvgIpc) is 3.15. The molecule has 0 saturated carbocycles. The van der Waals surface area contributed by atoms with Crippen LogP contribution in [-0.4, -0.2) is 48.6 Å². The van der Waals surface area contributed by atoms with Crippen LogP contribution < -0.4 is 0 Å². The number of benzene rings is 1. The van der Waals surface area contributed by atoms with Gasteiger partial charge in [0.2, 0.25) is 5.91 Å². The Balaban J connectivity index is 1.43. The van der Waals surface area contributed by atoms with E-state index in [0.29, 0.717) is 15.8 Å². The summed E-state index contributed by atoms with van der Waals surface area (Å²) in [5.74, 6) is 0.0291. The first-order chi connectivity index (χ1) is 17.0. The number of carbonyl (C=O) groups is 2. The standard InChI is InChI=1S/C26H25BrN4O2S2/c27-20-7-8-22-21(13-20)19(16-30(22)17-24(32)29-10-3-1-2-4-11-29)12-23-25(33)31(26(34)35-23)15-18-6-5-9-28-14-18/h5-9,12-14,16H,1-4,10-11,15,17H2/b23-12-. The van der Waals surface area contributed by atoms with Gasteiger partial charge >= 0.3 is 0 Å². The molecular formula is C26H25BrN4O2S2. The van der Waals surface area contributed by atoms with E-state index >= 15 is 0 Å². The maximum atomic E-state index is 13.2. The molecule has 0 radical (unpaired) electrons. The van der Waals surface area contributed by atoms with E-state index in [1.54, 1.807) is 17.3 Å². The maximum Gasteiger partial charge on any atom is 0.266 e. The fourth-order valence-electron chi connectivity index (χ4n) is 4.56. The Labute approximate surface area is 222 Å². The Morgan fingerprint density at radius 2 is 1.97 bits per heavy atom. The predicted octanol–water partition coefficient (Wildman–Crippen LogP) is 5.60. The topological polar surface area (TPSA) is 58.4 Å². The zero-order valence-corrected chi connectivity index (χ0v) is 22.4. The van der Waals surface area contributed by atoms with Gasteiger partial charge in [-0.15, -0.1) is 0 Å². The number of thiocarbonyl (C=S) groups is 1. The second-order valence-electron chi connectivity index (χ2n) is 8.80. The lowest BCUT2D eigenvalue weighted by atomic mass is 10.1. The van der Waals surface area contributed by atoms with Crippen LogP contribution in [0, 0.1) is 0 Å². The first-order valence-corrected chi connectivity index (χ1v) is 13.7. The van der Waals surface area contributed by atoms with Crippen molar-refractivity contribution in [3.63, 3.8) is 0 Å². The van der Waals surface area contributed by atoms with E-state index in [2.05, 4.69) is 20.9 Å². The van der Waals surface area contributed by atoms with Gasteiger partial charge in [-0.2, -0.15) is 0 Å². The SMILES string of the molecule is O=C(Cn1cc(/C=C2\SC(=S)N(Cc3cccnc3)C2=O)c2cc(Br)ccc21)N1CCCCCC1. The fourth-order valence-corrected chi connectivity index (χ4v) is 6.17. The molecule has 2 saturated heterocycles. The number of hydrogen-bond donors (Lipinski definition) is 0. The molecule has 2 aromatic heterocycles. The Bertz CT molecular complexity index is 1310. The van der Waals surface area contributed by atoms with Crippen LogP contribution >= 0.6 is 39.9 Å². The molecule has 0 N–H and O–H groups in total. The zero-order chi connectivity index (χ0) is 24.4. The second-order valence-corrected chi connectivity index (χ2v) is 11.4. The molecule has 2 aliphatic rings. The summed E-state index contributed by atoms with van der Waals surface area (Å²) >= 11 is 10.4. The summed E-state index contributed by atoms with van der Waals surface area (Å²) in [5.41, 5.74) is 2.79. The lowest BCUT2D eigenvalue weighted by molar-refractivity contribution is -0.131. The van der Waals surface area contributed by atoms with Crippen LogP contribution in [0.5, 0.6) is 0 Å².